The van der Waals surface area contributed by atoms with E-state index in [1.165, 1.54) is 55.3 Å². The minimum atomic E-state index is 0.918. The lowest BCUT2D eigenvalue weighted by atomic mass is 9.96. The molecule has 0 N–H and O–H groups in total. The molecule has 0 radical (unpaired) electrons. The molecule has 0 aliphatic heterocycles. The van der Waals surface area contributed by atoms with Crippen LogP contribution in [0.3, 0.4) is 0 Å². The van der Waals surface area contributed by atoms with E-state index in [1.54, 1.807) is 0 Å². The van der Waals surface area contributed by atoms with Crippen LogP contribution in [0.2, 0.25) is 0 Å². The molecule has 9 rings (SSSR count). The van der Waals surface area contributed by atoms with Crippen LogP contribution in [0.5, 0.6) is 0 Å². The van der Waals surface area contributed by atoms with Gasteiger partial charge in [-0.15, -0.1) is 0 Å². The fourth-order valence-electron chi connectivity index (χ4n) is 6.52. The van der Waals surface area contributed by atoms with E-state index >= 15 is 0 Å². The maximum atomic E-state index is 5.11. The van der Waals surface area contributed by atoms with Crippen LogP contribution in [0.15, 0.2) is 85.5 Å². The minimum absolute atomic E-state index is 0.918. The average Bonchev–Trinajstić information content (AvgIpc) is 3.58. The number of pyridine rings is 3. The normalized spacial score (nSPS) is 13.5. The van der Waals surface area contributed by atoms with Gasteiger partial charge in [-0.1, -0.05) is 42.5 Å². The predicted octanol–water partition coefficient (Wildman–Crippen LogP) is 6.73. The van der Waals surface area contributed by atoms with Crippen LogP contribution in [0.25, 0.3) is 60.6 Å². The summed E-state index contributed by atoms with van der Waals surface area (Å²) in [5.74, 6) is 0. The van der Waals surface area contributed by atoms with Crippen molar-refractivity contribution in [2.24, 2.45) is 0 Å². The van der Waals surface area contributed by atoms with Gasteiger partial charge < -0.3 is 0 Å². The summed E-state index contributed by atoms with van der Waals surface area (Å²) in [7, 11) is 0. The molecule has 0 atom stereocenters. The van der Waals surface area contributed by atoms with E-state index in [9.17, 15) is 0 Å². The fraction of sp³-hybridized carbons (Fsp3) is 0.0645. The second-order valence-corrected chi connectivity index (χ2v) is 9.72. The first kappa shape index (κ1) is 17.8. The van der Waals surface area contributed by atoms with Crippen molar-refractivity contribution < 1.29 is 0 Å². The molecule has 35 heavy (non-hydrogen) atoms. The van der Waals surface area contributed by atoms with Gasteiger partial charge in [-0.25, -0.2) is 4.98 Å². The summed E-state index contributed by atoms with van der Waals surface area (Å²) in [6.07, 6.45) is 9.51. The standard InChI is InChI=1S/C31H18N4/c1-2-4-20-17(3-1)11-18-12-19-13-25-21(24(19)14-23(18)20)5-6-22-26-15-32-9-7-28(26)35-29-8-10-33-16-27(29)34-31(35)30(22)25/h1-10,12,14-16H,11,13H2. The van der Waals surface area contributed by atoms with Crippen molar-refractivity contribution in [3.63, 3.8) is 0 Å². The molecule has 0 spiro atoms. The Morgan fingerprint density at radius 3 is 2.43 bits per heavy atom. The van der Waals surface area contributed by atoms with Gasteiger partial charge in [0.2, 0.25) is 0 Å². The molecule has 0 saturated carbocycles. The van der Waals surface area contributed by atoms with Crippen LogP contribution in [-0.4, -0.2) is 19.4 Å². The lowest BCUT2D eigenvalue weighted by Crippen LogP contribution is -1.95. The quantitative estimate of drug-likeness (QED) is 0.243. The van der Waals surface area contributed by atoms with Crippen molar-refractivity contribution in [3.8, 4) is 22.3 Å². The highest BCUT2D eigenvalue weighted by Crippen LogP contribution is 2.47. The summed E-state index contributed by atoms with van der Waals surface area (Å²) in [6.45, 7) is 0. The number of imidazole rings is 1. The van der Waals surface area contributed by atoms with E-state index in [0.717, 1.165) is 40.4 Å². The van der Waals surface area contributed by atoms with E-state index in [0.29, 0.717) is 0 Å². The Labute approximate surface area is 200 Å². The Hall–Kier alpha value is -4.57. The molecule has 7 aromatic rings. The Balaban J connectivity index is 1.41. The number of fused-ring (bicyclic) bond motifs is 15. The SMILES string of the molecule is c1ccc2c(c1)Cc1cc3c(cc1-2)-c1ccc2c4cnccc4n4c5ccncc5nc4c2c1C3. The van der Waals surface area contributed by atoms with E-state index in [1.807, 2.05) is 24.8 Å². The number of aromatic nitrogens is 4. The Morgan fingerprint density at radius 2 is 1.46 bits per heavy atom. The first-order valence-electron chi connectivity index (χ1n) is 12.0. The number of rotatable bonds is 0. The molecule has 0 bridgehead atoms. The zero-order valence-corrected chi connectivity index (χ0v) is 18.8. The van der Waals surface area contributed by atoms with Crippen LogP contribution >= 0.6 is 0 Å². The third-order valence-corrected chi connectivity index (χ3v) is 8.00. The third kappa shape index (κ3) is 2.15. The molecular formula is C31H18N4. The monoisotopic (exact) mass is 446 g/mol. The first-order valence-corrected chi connectivity index (χ1v) is 12.0. The summed E-state index contributed by atoms with van der Waals surface area (Å²) in [5.41, 5.74) is 15.3. The van der Waals surface area contributed by atoms with E-state index in [2.05, 4.69) is 75.0 Å². The molecule has 2 aliphatic rings. The minimum Gasteiger partial charge on any atom is -0.291 e. The Bertz CT molecular complexity index is 2070. The zero-order chi connectivity index (χ0) is 22.7. The smallest absolute Gasteiger partial charge is 0.146 e. The van der Waals surface area contributed by atoms with Gasteiger partial charge in [0, 0.05) is 29.4 Å². The second-order valence-electron chi connectivity index (χ2n) is 9.72. The van der Waals surface area contributed by atoms with Crippen molar-refractivity contribution >= 4 is 38.4 Å². The van der Waals surface area contributed by atoms with Gasteiger partial charge in [0.15, 0.2) is 0 Å². The summed E-state index contributed by atoms with van der Waals surface area (Å²) in [5, 5.41) is 3.60. The summed E-state index contributed by atoms with van der Waals surface area (Å²) < 4.78 is 2.29. The fourth-order valence-corrected chi connectivity index (χ4v) is 6.52. The topological polar surface area (TPSA) is 43.1 Å². The Kier molecular flexibility index (Phi) is 3.11. The number of benzene rings is 3. The van der Waals surface area contributed by atoms with Crippen molar-refractivity contribution in [2.75, 3.05) is 0 Å². The Morgan fingerprint density at radius 1 is 0.629 bits per heavy atom. The van der Waals surface area contributed by atoms with Gasteiger partial charge in [-0.2, -0.15) is 0 Å². The van der Waals surface area contributed by atoms with Gasteiger partial charge >= 0.3 is 0 Å². The second kappa shape index (κ2) is 6.10. The summed E-state index contributed by atoms with van der Waals surface area (Å²) in [4.78, 5) is 13.9. The van der Waals surface area contributed by atoms with Gasteiger partial charge in [-0.05, 0) is 80.9 Å². The molecule has 2 aliphatic carbocycles. The molecular weight excluding hydrogens is 428 g/mol. The number of hydrogen-bond donors (Lipinski definition) is 0. The molecule has 4 aromatic heterocycles. The number of nitrogens with zero attached hydrogens (tertiary/aromatic N) is 4. The molecule has 162 valence electrons. The van der Waals surface area contributed by atoms with Gasteiger partial charge in [0.25, 0.3) is 0 Å². The van der Waals surface area contributed by atoms with Crippen LogP contribution in [0, 0.1) is 0 Å². The first-order chi connectivity index (χ1) is 17.3. The van der Waals surface area contributed by atoms with Crippen LogP contribution in [0.1, 0.15) is 22.3 Å². The van der Waals surface area contributed by atoms with Crippen molar-refractivity contribution in [1.29, 1.82) is 0 Å². The van der Waals surface area contributed by atoms with Gasteiger partial charge in [0.05, 0.1) is 17.2 Å². The maximum Gasteiger partial charge on any atom is 0.146 e. The van der Waals surface area contributed by atoms with Crippen molar-refractivity contribution in [2.45, 2.75) is 12.8 Å². The molecule has 4 heterocycles. The largest absolute Gasteiger partial charge is 0.291 e. The van der Waals surface area contributed by atoms with E-state index < -0.39 is 0 Å². The van der Waals surface area contributed by atoms with Crippen LogP contribution in [0.4, 0.5) is 0 Å². The van der Waals surface area contributed by atoms with Crippen LogP contribution in [-0.2, 0) is 12.8 Å². The molecule has 3 aromatic carbocycles. The third-order valence-electron chi connectivity index (χ3n) is 8.00. The molecule has 0 fully saturated rings. The summed E-state index contributed by atoms with van der Waals surface area (Å²) in [6, 6.07) is 22.4. The van der Waals surface area contributed by atoms with Gasteiger partial charge in [-0.3, -0.25) is 14.4 Å². The molecule has 4 heteroatoms. The molecule has 0 unspecified atom stereocenters. The molecule has 0 amide bonds. The predicted molar refractivity (Wildman–Crippen MR) is 140 cm³/mol. The van der Waals surface area contributed by atoms with E-state index in [-0.39, 0.29) is 0 Å². The summed E-state index contributed by atoms with van der Waals surface area (Å²) >= 11 is 0. The van der Waals surface area contributed by atoms with Crippen LogP contribution < -0.4 is 0 Å². The lowest BCUT2D eigenvalue weighted by molar-refractivity contribution is 1.22. The van der Waals surface area contributed by atoms with Crippen molar-refractivity contribution in [1.82, 2.24) is 19.4 Å². The molecule has 4 nitrogen and oxygen atoms in total. The van der Waals surface area contributed by atoms with Gasteiger partial charge in [0.1, 0.15) is 11.2 Å². The highest BCUT2D eigenvalue weighted by atomic mass is 15.0. The maximum absolute atomic E-state index is 5.11. The lowest BCUT2D eigenvalue weighted by Gasteiger charge is -2.12. The number of hydrogen-bond acceptors (Lipinski definition) is 3. The highest BCUT2D eigenvalue weighted by molar-refractivity contribution is 6.16. The average molecular weight is 447 g/mol. The zero-order valence-electron chi connectivity index (χ0n) is 18.8. The van der Waals surface area contributed by atoms with Crippen molar-refractivity contribution in [3.05, 3.63) is 108 Å². The van der Waals surface area contributed by atoms with E-state index in [4.69, 9.17) is 4.98 Å². The highest BCUT2D eigenvalue weighted by Gasteiger charge is 2.28. The molecule has 0 saturated heterocycles.